The second-order valence-corrected chi connectivity index (χ2v) is 3.91. The lowest BCUT2D eigenvalue weighted by Gasteiger charge is -2.16. The van der Waals surface area contributed by atoms with Crippen LogP contribution in [0.4, 0.5) is 4.39 Å². The van der Waals surface area contributed by atoms with Gasteiger partial charge in [-0.2, -0.15) is 0 Å². The first-order valence-corrected chi connectivity index (χ1v) is 4.78. The third-order valence-electron chi connectivity index (χ3n) is 1.90. The highest BCUT2D eigenvalue weighted by molar-refractivity contribution is 9.10. The molecular weight excluding hydrogens is 235 g/mol. The Labute approximate surface area is 85.2 Å². The van der Waals surface area contributed by atoms with Gasteiger partial charge in [-0.3, -0.25) is 0 Å². The van der Waals surface area contributed by atoms with E-state index in [0.717, 1.165) is 5.56 Å². The third-order valence-corrected chi connectivity index (χ3v) is 2.50. The summed E-state index contributed by atoms with van der Waals surface area (Å²) in [4.78, 5) is 0. The minimum Gasteiger partial charge on any atom is -0.326 e. The topological polar surface area (TPSA) is 52.0 Å². The van der Waals surface area contributed by atoms with Crippen LogP contribution in [0.2, 0.25) is 0 Å². The SMILES string of the molecule is C[C@H](N)[C@@H](N)c1ccc(F)c(Br)c1. The van der Waals surface area contributed by atoms with Crippen LogP contribution < -0.4 is 11.5 Å². The maximum atomic E-state index is 12.8. The van der Waals surface area contributed by atoms with Crippen molar-refractivity contribution in [2.45, 2.75) is 19.0 Å². The summed E-state index contributed by atoms with van der Waals surface area (Å²) in [6.45, 7) is 1.82. The lowest BCUT2D eigenvalue weighted by molar-refractivity contribution is 0.582. The Morgan fingerprint density at radius 1 is 1.38 bits per heavy atom. The van der Waals surface area contributed by atoms with E-state index in [-0.39, 0.29) is 17.9 Å². The number of benzene rings is 1. The second kappa shape index (κ2) is 4.17. The van der Waals surface area contributed by atoms with Gasteiger partial charge < -0.3 is 11.5 Å². The Morgan fingerprint density at radius 2 is 2.00 bits per heavy atom. The zero-order valence-electron chi connectivity index (χ0n) is 7.30. The van der Waals surface area contributed by atoms with E-state index in [1.54, 1.807) is 12.1 Å². The summed E-state index contributed by atoms with van der Waals surface area (Å²) in [6.07, 6.45) is 0. The smallest absolute Gasteiger partial charge is 0.137 e. The summed E-state index contributed by atoms with van der Waals surface area (Å²) in [7, 11) is 0. The summed E-state index contributed by atoms with van der Waals surface area (Å²) < 4.78 is 13.3. The molecule has 4 N–H and O–H groups in total. The van der Waals surface area contributed by atoms with E-state index < -0.39 is 0 Å². The number of hydrogen-bond acceptors (Lipinski definition) is 2. The highest BCUT2D eigenvalue weighted by Gasteiger charge is 2.11. The van der Waals surface area contributed by atoms with Gasteiger partial charge in [-0.1, -0.05) is 6.07 Å². The van der Waals surface area contributed by atoms with Crippen molar-refractivity contribution >= 4 is 15.9 Å². The number of halogens is 2. The zero-order valence-corrected chi connectivity index (χ0v) is 8.88. The standard InChI is InChI=1S/C9H12BrFN2/c1-5(12)9(13)6-2-3-8(11)7(10)4-6/h2-5,9H,12-13H2,1H3/t5-,9+/m0/s1. The number of rotatable bonds is 2. The van der Waals surface area contributed by atoms with Gasteiger partial charge in [0.05, 0.1) is 4.47 Å². The van der Waals surface area contributed by atoms with Crippen LogP contribution in [0.5, 0.6) is 0 Å². The molecule has 4 heteroatoms. The molecule has 0 bridgehead atoms. The van der Waals surface area contributed by atoms with Gasteiger partial charge in [-0.15, -0.1) is 0 Å². The molecule has 0 radical (unpaired) electrons. The molecule has 0 spiro atoms. The molecule has 1 aromatic rings. The average molecular weight is 247 g/mol. The average Bonchev–Trinajstić information content (AvgIpc) is 2.08. The Morgan fingerprint density at radius 3 is 2.46 bits per heavy atom. The molecule has 0 aliphatic carbocycles. The summed E-state index contributed by atoms with van der Waals surface area (Å²) in [5, 5.41) is 0. The quantitative estimate of drug-likeness (QED) is 0.838. The Bertz CT molecular complexity index is 302. The van der Waals surface area contributed by atoms with E-state index in [1.807, 2.05) is 6.92 Å². The van der Waals surface area contributed by atoms with Gasteiger partial charge >= 0.3 is 0 Å². The van der Waals surface area contributed by atoms with Crippen LogP contribution in [0.25, 0.3) is 0 Å². The van der Waals surface area contributed by atoms with Crippen molar-refractivity contribution in [3.8, 4) is 0 Å². The summed E-state index contributed by atoms with van der Waals surface area (Å²) in [6, 6.07) is 4.29. The van der Waals surface area contributed by atoms with Crippen LogP contribution in [-0.2, 0) is 0 Å². The molecule has 1 rings (SSSR count). The van der Waals surface area contributed by atoms with E-state index in [0.29, 0.717) is 4.47 Å². The third kappa shape index (κ3) is 2.49. The minimum atomic E-state index is -0.291. The van der Waals surface area contributed by atoms with Crippen molar-refractivity contribution in [3.63, 3.8) is 0 Å². The van der Waals surface area contributed by atoms with Crippen LogP contribution in [0.1, 0.15) is 18.5 Å². The van der Waals surface area contributed by atoms with Gasteiger partial charge in [0.1, 0.15) is 5.82 Å². The van der Waals surface area contributed by atoms with Crippen molar-refractivity contribution in [1.82, 2.24) is 0 Å². The normalized spacial score (nSPS) is 15.5. The number of hydrogen-bond donors (Lipinski definition) is 2. The predicted octanol–water partition coefficient (Wildman–Crippen LogP) is 1.94. The largest absolute Gasteiger partial charge is 0.326 e. The molecule has 0 fully saturated rings. The molecule has 0 heterocycles. The van der Waals surface area contributed by atoms with Crippen molar-refractivity contribution in [1.29, 1.82) is 0 Å². The molecule has 0 saturated heterocycles. The minimum absolute atomic E-state index is 0.141. The Hall–Kier alpha value is -0.450. The van der Waals surface area contributed by atoms with Gasteiger partial charge in [0.25, 0.3) is 0 Å². The molecule has 0 unspecified atom stereocenters. The summed E-state index contributed by atoms with van der Waals surface area (Å²) in [5.41, 5.74) is 12.2. The lowest BCUT2D eigenvalue weighted by Crippen LogP contribution is -2.31. The van der Waals surface area contributed by atoms with E-state index in [2.05, 4.69) is 15.9 Å². The molecule has 13 heavy (non-hydrogen) atoms. The molecule has 0 amide bonds. The Balaban J connectivity index is 2.97. The lowest BCUT2D eigenvalue weighted by atomic mass is 10.0. The molecular formula is C9H12BrFN2. The Kier molecular flexibility index (Phi) is 3.41. The molecule has 1 aromatic carbocycles. The molecule has 0 saturated carbocycles. The fraction of sp³-hybridized carbons (Fsp3) is 0.333. The van der Waals surface area contributed by atoms with E-state index in [1.165, 1.54) is 6.07 Å². The molecule has 2 nitrogen and oxygen atoms in total. The maximum absolute atomic E-state index is 12.8. The van der Waals surface area contributed by atoms with Crippen LogP contribution in [0.15, 0.2) is 22.7 Å². The molecule has 0 aliphatic heterocycles. The van der Waals surface area contributed by atoms with Gasteiger partial charge in [0.2, 0.25) is 0 Å². The zero-order chi connectivity index (χ0) is 10.0. The van der Waals surface area contributed by atoms with Crippen LogP contribution in [0.3, 0.4) is 0 Å². The predicted molar refractivity (Wildman–Crippen MR) is 54.7 cm³/mol. The van der Waals surface area contributed by atoms with E-state index in [9.17, 15) is 4.39 Å². The van der Waals surface area contributed by atoms with Gasteiger partial charge in [0, 0.05) is 12.1 Å². The van der Waals surface area contributed by atoms with Gasteiger partial charge in [0.15, 0.2) is 0 Å². The second-order valence-electron chi connectivity index (χ2n) is 3.06. The molecule has 2 atom stereocenters. The first-order chi connectivity index (χ1) is 6.02. The van der Waals surface area contributed by atoms with Gasteiger partial charge in [-0.05, 0) is 40.5 Å². The van der Waals surface area contributed by atoms with Gasteiger partial charge in [-0.25, -0.2) is 4.39 Å². The molecule has 0 aromatic heterocycles. The first kappa shape index (κ1) is 10.6. The number of nitrogens with two attached hydrogens (primary N) is 2. The maximum Gasteiger partial charge on any atom is 0.137 e. The summed E-state index contributed by atoms with van der Waals surface area (Å²) >= 11 is 3.09. The van der Waals surface area contributed by atoms with E-state index in [4.69, 9.17) is 11.5 Å². The van der Waals surface area contributed by atoms with E-state index >= 15 is 0 Å². The molecule has 72 valence electrons. The highest BCUT2D eigenvalue weighted by Crippen LogP contribution is 2.21. The molecule has 0 aliphatic rings. The highest BCUT2D eigenvalue weighted by atomic mass is 79.9. The van der Waals surface area contributed by atoms with Crippen LogP contribution in [0, 0.1) is 5.82 Å². The first-order valence-electron chi connectivity index (χ1n) is 3.98. The van der Waals surface area contributed by atoms with Crippen molar-refractivity contribution < 1.29 is 4.39 Å². The fourth-order valence-electron chi connectivity index (χ4n) is 1.02. The van der Waals surface area contributed by atoms with Crippen LogP contribution in [-0.4, -0.2) is 6.04 Å². The van der Waals surface area contributed by atoms with Crippen molar-refractivity contribution in [2.24, 2.45) is 11.5 Å². The van der Waals surface area contributed by atoms with Crippen LogP contribution >= 0.6 is 15.9 Å². The van der Waals surface area contributed by atoms with Crippen molar-refractivity contribution in [2.75, 3.05) is 0 Å². The fourth-order valence-corrected chi connectivity index (χ4v) is 1.42. The monoisotopic (exact) mass is 246 g/mol. The van der Waals surface area contributed by atoms with Crippen molar-refractivity contribution in [3.05, 3.63) is 34.1 Å². The summed E-state index contributed by atoms with van der Waals surface area (Å²) in [5.74, 6) is -0.291.